The van der Waals surface area contributed by atoms with Crippen molar-refractivity contribution >= 4 is 51.3 Å². The van der Waals surface area contributed by atoms with Crippen LogP contribution in [0.15, 0.2) is 16.0 Å². The first kappa shape index (κ1) is 21.9. The van der Waals surface area contributed by atoms with Crippen LogP contribution in [-0.2, 0) is 14.8 Å². The van der Waals surface area contributed by atoms with Crippen molar-refractivity contribution in [3.8, 4) is 0 Å². The van der Waals surface area contributed by atoms with Crippen molar-refractivity contribution < 1.29 is 13.2 Å². The lowest BCUT2D eigenvalue weighted by Gasteiger charge is -2.22. The second-order valence-corrected chi connectivity index (χ2v) is 9.73. The third kappa shape index (κ3) is 5.09. The average molecular weight is 514 g/mol. The van der Waals surface area contributed by atoms with Crippen LogP contribution in [0, 0.1) is 13.8 Å². The maximum atomic E-state index is 12.4. The molecule has 1 aromatic heterocycles. The maximum Gasteiger partial charge on any atom is 0.241 e. The summed E-state index contributed by atoms with van der Waals surface area (Å²) in [5, 5.41) is 6.54. The SMILES string of the molecule is CN=C(NCCNS(=O)(=O)c1cc(C)sc1C)NC1CC2CCC1O2.I. The second-order valence-electron chi connectivity index (χ2n) is 6.53. The van der Waals surface area contributed by atoms with E-state index >= 15 is 0 Å². The molecule has 0 saturated carbocycles. The first-order chi connectivity index (χ1) is 11.9. The van der Waals surface area contributed by atoms with Crippen LogP contribution in [-0.4, -0.2) is 52.8 Å². The van der Waals surface area contributed by atoms with Gasteiger partial charge in [0.2, 0.25) is 10.0 Å². The van der Waals surface area contributed by atoms with E-state index in [0.29, 0.717) is 30.0 Å². The molecule has 2 fully saturated rings. The number of aliphatic imine (C=N–C) groups is 1. The van der Waals surface area contributed by atoms with Crippen LogP contribution < -0.4 is 15.4 Å². The van der Waals surface area contributed by atoms with Crippen LogP contribution >= 0.6 is 35.3 Å². The molecule has 3 rings (SSSR count). The molecular formula is C16H27IN4O3S2. The van der Waals surface area contributed by atoms with Gasteiger partial charge in [-0.25, -0.2) is 13.1 Å². The molecule has 148 valence electrons. The Labute approximate surface area is 176 Å². The minimum Gasteiger partial charge on any atom is -0.373 e. The van der Waals surface area contributed by atoms with E-state index in [4.69, 9.17) is 4.74 Å². The highest BCUT2D eigenvalue weighted by molar-refractivity contribution is 14.0. The molecule has 3 N–H and O–H groups in total. The zero-order chi connectivity index (χ0) is 18.0. The molecule has 10 heteroatoms. The van der Waals surface area contributed by atoms with Crippen LogP contribution in [0.5, 0.6) is 0 Å². The highest BCUT2D eigenvalue weighted by Crippen LogP contribution is 2.34. The van der Waals surface area contributed by atoms with Gasteiger partial charge in [0.15, 0.2) is 5.96 Å². The number of hydrogen-bond acceptors (Lipinski definition) is 5. The number of thiophene rings is 1. The van der Waals surface area contributed by atoms with Gasteiger partial charge in [-0.05, 0) is 39.2 Å². The van der Waals surface area contributed by atoms with Gasteiger partial charge in [0.25, 0.3) is 0 Å². The van der Waals surface area contributed by atoms with Crippen LogP contribution in [0.1, 0.15) is 29.0 Å². The number of ether oxygens (including phenoxy) is 1. The summed E-state index contributed by atoms with van der Waals surface area (Å²) in [5.41, 5.74) is 0. The number of guanidine groups is 1. The van der Waals surface area contributed by atoms with Crippen LogP contribution in [0.25, 0.3) is 0 Å². The van der Waals surface area contributed by atoms with Crippen molar-refractivity contribution in [2.75, 3.05) is 20.1 Å². The van der Waals surface area contributed by atoms with Crippen molar-refractivity contribution in [2.45, 2.75) is 56.3 Å². The number of hydrogen-bond donors (Lipinski definition) is 3. The van der Waals surface area contributed by atoms with E-state index < -0.39 is 10.0 Å². The second kappa shape index (κ2) is 9.18. The summed E-state index contributed by atoms with van der Waals surface area (Å²) in [6.07, 6.45) is 3.91. The number of nitrogens with zero attached hydrogens (tertiary/aromatic N) is 1. The molecule has 0 aliphatic carbocycles. The summed E-state index contributed by atoms with van der Waals surface area (Å²) < 4.78 is 33.2. The Kier molecular flexibility index (Phi) is 7.72. The first-order valence-electron chi connectivity index (χ1n) is 8.58. The molecule has 3 unspecified atom stereocenters. The Morgan fingerprint density at radius 3 is 2.65 bits per heavy atom. The molecule has 7 nitrogen and oxygen atoms in total. The molecule has 2 aliphatic rings. The monoisotopic (exact) mass is 514 g/mol. The van der Waals surface area contributed by atoms with Crippen LogP contribution in [0.4, 0.5) is 0 Å². The summed E-state index contributed by atoms with van der Waals surface area (Å²) in [7, 11) is -1.75. The number of rotatable bonds is 6. The van der Waals surface area contributed by atoms with Crippen LogP contribution in [0.3, 0.4) is 0 Å². The third-order valence-electron chi connectivity index (χ3n) is 4.65. The molecule has 26 heavy (non-hydrogen) atoms. The Bertz CT molecular complexity index is 751. The van der Waals surface area contributed by atoms with Crippen molar-refractivity contribution in [2.24, 2.45) is 4.99 Å². The molecule has 0 amide bonds. The number of nitrogens with one attached hydrogen (secondary N) is 3. The van der Waals surface area contributed by atoms with E-state index in [1.54, 1.807) is 13.1 Å². The van der Waals surface area contributed by atoms with Gasteiger partial charge in [-0.1, -0.05) is 0 Å². The fraction of sp³-hybridized carbons (Fsp3) is 0.688. The summed E-state index contributed by atoms with van der Waals surface area (Å²) in [4.78, 5) is 6.39. The average Bonchev–Trinajstić information content (AvgIpc) is 3.26. The Morgan fingerprint density at radius 1 is 1.35 bits per heavy atom. The Balaban J connectivity index is 0.00000243. The lowest BCUT2D eigenvalue weighted by atomic mass is 9.96. The third-order valence-corrected chi connectivity index (χ3v) is 7.33. The molecule has 0 spiro atoms. The lowest BCUT2D eigenvalue weighted by Crippen LogP contribution is -2.48. The summed E-state index contributed by atoms with van der Waals surface area (Å²) in [5.74, 6) is 0.683. The van der Waals surface area contributed by atoms with Crippen LogP contribution in [0.2, 0.25) is 0 Å². The summed E-state index contributed by atoms with van der Waals surface area (Å²) >= 11 is 1.49. The zero-order valence-corrected chi connectivity index (χ0v) is 19.2. The molecular weight excluding hydrogens is 487 g/mol. The summed E-state index contributed by atoms with van der Waals surface area (Å²) in [6.45, 7) is 4.49. The fourth-order valence-corrected chi connectivity index (χ4v) is 6.06. The van der Waals surface area contributed by atoms with Gasteiger partial charge in [0.1, 0.15) is 0 Å². The normalized spacial score (nSPS) is 25.2. The standard InChI is InChI=1S/C16H26N4O3S2.HI/c1-10-8-15(11(2)24-10)25(21,22)19-7-6-18-16(17-3)20-13-9-12-4-5-14(13)23-12;/h8,12-14,19H,4-7,9H2,1-3H3,(H2,17,18,20);1H. The Morgan fingerprint density at radius 2 is 2.12 bits per heavy atom. The van der Waals surface area contributed by atoms with Gasteiger partial charge in [0.05, 0.1) is 23.1 Å². The van der Waals surface area contributed by atoms with Gasteiger partial charge in [-0.2, -0.15) is 0 Å². The van der Waals surface area contributed by atoms with Gasteiger partial charge in [0, 0.05) is 29.9 Å². The van der Waals surface area contributed by atoms with Gasteiger partial charge in [-0.15, -0.1) is 35.3 Å². The maximum absolute atomic E-state index is 12.4. The minimum atomic E-state index is -3.46. The van der Waals surface area contributed by atoms with Crippen molar-refractivity contribution in [3.63, 3.8) is 0 Å². The molecule has 0 aromatic carbocycles. The largest absolute Gasteiger partial charge is 0.373 e. The molecule has 1 aromatic rings. The Hall–Kier alpha value is -0.430. The van der Waals surface area contributed by atoms with E-state index in [0.717, 1.165) is 29.0 Å². The topological polar surface area (TPSA) is 91.8 Å². The lowest BCUT2D eigenvalue weighted by molar-refractivity contribution is 0.0992. The smallest absolute Gasteiger partial charge is 0.241 e. The number of fused-ring (bicyclic) bond motifs is 2. The van der Waals surface area contributed by atoms with E-state index in [-0.39, 0.29) is 36.1 Å². The predicted octanol–water partition coefficient (Wildman–Crippen LogP) is 1.75. The van der Waals surface area contributed by atoms with E-state index in [1.807, 2.05) is 13.8 Å². The molecule has 3 heterocycles. The highest BCUT2D eigenvalue weighted by atomic mass is 127. The van der Waals surface area contributed by atoms with E-state index in [9.17, 15) is 8.42 Å². The molecule has 0 radical (unpaired) electrons. The van der Waals surface area contributed by atoms with Crippen molar-refractivity contribution in [3.05, 3.63) is 15.8 Å². The summed E-state index contributed by atoms with van der Waals surface area (Å²) in [6, 6.07) is 2.00. The molecule has 2 bridgehead atoms. The number of sulfonamides is 1. The predicted molar refractivity (Wildman–Crippen MR) is 115 cm³/mol. The first-order valence-corrected chi connectivity index (χ1v) is 10.9. The number of halogens is 1. The molecule has 2 aliphatic heterocycles. The van der Waals surface area contributed by atoms with Gasteiger partial charge >= 0.3 is 0 Å². The zero-order valence-electron chi connectivity index (χ0n) is 15.2. The van der Waals surface area contributed by atoms with Gasteiger partial charge in [-0.3, -0.25) is 4.99 Å². The van der Waals surface area contributed by atoms with E-state index in [1.165, 1.54) is 11.3 Å². The molecule has 2 saturated heterocycles. The van der Waals surface area contributed by atoms with Crippen molar-refractivity contribution in [1.82, 2.24) is 15.4 Å². The van der Waals surface area contributed by atoms with Gasteiger partial charge < -0.3 is 15.4 Å². The quantitative estimate of drug-likeness (QED) is 0.233. The number of aryl methyl sites for hydroxylation is 2. The van der Waals surface area contributed by atoms with Crippen molar-refractivity contribution in [1.29, 1.82) is 0 Å². The fourth-order valence-electron chi connectivity index (χ4n) is 3.48. The molecule has 3 atom stereocenters. The van der Waals surface area contributed by atoms with E-state index in [2.05, 4.69) is 20.3 Å². The highest BCUT2D eigenvalue weighted by Gasteiger charge is 2.41. The minimum absolute atomic E-state index is 0.